The van der Waals surface area contributed by atoms with E-state index < -0.39 is 0 Å². The second-order valence-electron chi connectivity index (χ2n) is 6.56. The van der Waals surface area contributed by atoms with Crippen LogP contribution in [0.3, 0.4) is 0 Å². The van der Waals surface area contributed by atoms with E-state index in [2.05, 4.69) is 55.2 Å². The zero-order chi connectivity index (χ0) is 18.8. The predicted molar refractivity (Wildman–Crippen MR) is 108 cm³/mol. The summed E-state index contributed by atoms with van der Waals surface area (Å²) in [6, 6.07) is 16.9. The van der Waals surface area contributed by atoms with Gasteiger partial charge in [-0.25, -0.2) is 0 Å². The predicted octanol–water partition coefficient (Wildman–Crippen LogP) is 5.16. The summed E-state index contributed by atoms with van der Waals surface area (Å²) in [5.41, 5.74) is 4.29. The van der Waals surface area contributed by atoms with Gasteiger partial charge in [-0.2, -0.15) is 0 Å². The van der Waals surface area contributed by atoms with Crippen LogP contribution in [-0.4, -0.2) is 19.1 Å². The van der Waals surface area contributed by atoms with Gasteiger partial charge in [-0.1, -0.05) is 62.7 Å². The number of unbranched alkanes of at least 4 members (excludes halogenated alkanes) is 2. The minimum absolute atomic E-state index is 0.137. The highest BCUT2D eigenvalue weighted by molar-refractivity contribution is 5.92. The third kappa shape index (κ3) is 6.40. The molecule has 0 saturated carbocycles. The van der Waals surface area contributed by atoms with Crippen molar-refractivity contribution < 1.29 is 9.53 Å². The molecule has 0 heterocycles. The summed E-state index contributed by atoms with van der Waals surface area (Å²) in [7, 11) is 0. The van der Waals surface area contributed by atoms with E-state index in [1.54, 1.807) is 6.92 Å². The molecule has 0 radical (unpaired) electrons. The van der Waals surface area contributed by atoms with E-state index in [-0.39, 0.29) is 5.91 Å². The van der Waals surface area contributed by atoms with Gasteiger partial charge in [-0.3, -0.25) is 4.79 Å². The van der Waals surface area contributed by atoms with Crippen molar-refractivity contribution in [2.75, 3.05) is 13.2 Å². The van der Waals surface area contributed by atoms with Crippen LogP contribution < -0.4 is 10.1 Å². The van der Waals surface area contributed by atoms with Crippen molar-refractivity contribution in [2.24, 2.45) is 0 Å². The molecule has 0 unspecified atom stereocenters. The molecule has 2 rings (SSSR count). The number of carbonyl (C=O) groups is 1. The Morgan fingerprint density at radius 3 is 2.19 bits per heavy atom. The number of hydrogen-bond acceptors (Lipinski definition) is 2. The van der Waals surface area contributed by atoms with Crippen LogP contribution in [0.15, 0.2) is 60.7 Å². The summed E-state index contributed by atoms with van der Waals surface area (Å²) in [5, 5.41) is 2.75. The molecule has 1 N–H and O–H groups in total. The first-order chi connectivity index (χ1) is 12.6. The Hall–Kier alpha value is -2.55. The minimum Gasteiger partial charge on any atom is -0.492 e. The van der Waals surface area contributed by atoms with Gasteiger partial charge in [0.25, 0.3) is 0 Å². The van der Waals surface area contributed by atoms with Crippen LogP contribution in [0.4, 0.5) is 0 Å². The maximum atomic E-state index is 11.4. The van der Waals surface area contributed by atoms with Crippen LogP contribution >= 0.6 is 0 Å². The molecule has 3 heteroatoms. The van der Waals surface area contributed by atoms with Crippen molar-refractivity contribution in [3.8, 4) is 16.9 Å². The zero-order valence-corrected chi connectivity index (χ0v) is 15.9. The highest BCUT2D eigenvalue weighted by atomic mass is 16.5. The fraction of sp³-hybridized carbons (Fsp3) is 0.348. The lowest BCUT2D eigenvalue weighted by atomic mass is 10.0. The van der Waals surface area contributed by atoms with E-state index in [1.165, 1.54) is 36.0 Å². The summed E-state index contributed by atoms with van der Waals surface area (Å²) >= 11 is 0. The Labute approximate surface area is 157 Å². The molecule has 0 aromatic heterocycles. The first-order valence-electron chi connectivity index (χ1n) is 9.36. The van der Waals surface area contributed by atoms with E-state index in [1.807, 2.05) is 12.1 Å². The van der Waals surface area contributed by atoms with Gasteiger partial charge in [0.2, 0.25) is 5.91 Å². The molecule has 26 heavy (non-hydrogen) atoms. The molecule has 0 aliphatic carbocycles. The van der Waals surface area contributed by atoms with Crippen molar-refractivity contribution in [3.63, 3.8) is 0 Å². The van der Waals surface area contributed by atoms with E-state index >= 15 is 0 Å². The van der Waals surface area contributed by atoms with Crippen molar-refractivity contribution >= 4 is 5.91 Å². The molecule has 2 aromatic rings. The van der Waals surface area contributed by atoms with Crippen LogP contribution in [0, 0.1) is 0 Å². The van der Waals surface area contributed by atoms with Crippen LogP contribution in [0.1, 0.15) is 38.7 Å². The maximum absolute atomic E-state index is 11.4. The van der Waals surface area contributed by atoms with Crippen LogP contribution in [-0.2, 0) is 11.2 Å². The second kappa shape index (κ2) is 10.4. The molecule has 2 aromatic carbocycles. The Kier molecular flexibility index (Phi) is 7.94. The number of carbonyl (C=O) groups excluding carboxylic acids is 1. The lowest BCUT2D eigenvalue weighted by Gasteiger charge is -2.09. The molecule has 1 amide bonds. The van der Waals surface area contributed by atoms with Gasteiger partial charge < -0.3 is 10.1 Å². The van der Waals surface area contributed by atoms with Crippen molar-refractivity contribution in [2.45, 2.75) is 39.5 Å². The summed E-state index contributed by atoms with van der Waals surface area (Å²) < 4.78 is 5.66. The van der Waals surface area contributed by atoms with Crippen LogP contribution in [0.5, 0.6) is 5.75 Å². The molecule has 138 valence electrons. The molecule has 0 atom stereocenters. The lowest BCUT2D eigenvalue weighted by molar-refractivity contribution is -0.117. The third-order valence-corrected chi connectivity index (χ3v) is 4.25. The fourth-order valence-corrected chi connectivity index (χ4v) is 2.67. The van der Waals surface area contributed by atoms with E-state index in [4.69, 9.17) is 4.74 Å². The SMILES string of the molecule is C=C(C)C(=O)NCCOc1ccc(-c2ccc(CCCCC)cc2)cc1. The zero-order valence-electron chi connectivity index (χ0n) is 15.9. The van der Waals surface area contributed by atoms with Gasteiger partial charge in [0.15, 0.2) is 0 Å². The average molecular weight is 351 g/mol. The molecular formula is C23H29NO2. The monoisotopic (exact) mass is 351 g/mol. The molecule has 0 spiro atoms. The minimum atomic E-state index is -0.137. The first kappa shape index (κ1) is 19.8. The molecule has 0 aliphatic heterocycles. The van der Waals surface area contributed by atoms with E-state index in [0.717, 1.165) is 12.2 Å². The molecule has 3 nitrogen and oxygen atoms in total. The van der Waals surface area contributed by atoms with E-state index in [9.17, 15) is 4.79 Å². The number of hydrogen-bond donors (Lipinski definition) is 1. The summed E-state index contributed by atoms with van der Waals surface area (Å²) in [4.78, 5) is 11.4. The second-order valence-corrected chi connectivity index (χ2v) is 6.56. The van der Waals surface area contributed by atoms with Crippen LogP contribution in [0.2, 0.25) is 0 Å². The van der Waals surface area contributed by atoms with Crippen molar-refractivity contribution in [3.05, 3.63) is 66.2 Å². The van der Waals surface area contributed by atoms with Gasteiger partial charge >= 0.3 is 0 Å². The largest absolute Gasteiger partial charge is 0.492 e. The lowest BCUT2D eigenvalue weighted by Crippen LogP contribution is -2.28. The standard InChI is InChI=1S/C23H29NO2/c1-4-5-6-7-19-8-10-20(11-9-19)21-12-14-22(15-13-21)26-17-16-24-23(25)18(2)3/h8-15H,2,4-7,16-17H2,1,3H3,(H,24,25). The third-order valence-electron chi connectivity index (χ3n) is 4.25. The quantitative estimate of drug-likeness (QED) is 0.474. The normalized spacial score (nSPS) is 10.4. The molecule has 0 saturated heterocycles. The number of nitrogens with one attached hydrogen (secondary N) is 1. The maximum Gasteiger partial charge on any atom is 0.246 e. The molecule has 0 aliphatic rings. The first-order valence-corrected chi connectivity index (χ1v) is 9.36. The average Bonchev–Trinajstić information content (AvgIpc) is 2.66. The smallest absolute Gasteiger partial charge is 0.246 e. The van der Waals surface area contributed by atoms with E-state index in [0.29, 0.717) is 18.7 Å². The number of aryl methyl sites for hydroxylation is 1. The number of amides is 1. The Balaban J connectivity index is 1.83. The van der Waals surface area contributed by atoms with Gasteiger partial charge in [-0.05, 0) is 48.6 Å². The Bertz CT molecular complexity index is 702. The highest BCUT2D eigenvalue weighted by Crippen LogP contribution is 2.23. The molecular weight excluding hydrogens is 322 g/mol. The number of ether oxygens (including phenoxy) is 1. The topological polar surface area (TPSA) is 38.3 Å². The highest BCUT2D eigenvalue weighted by Gasteiger charge is 2.02. The molecule has 0 fully saturated rings. The van der Waals surface area contributed by atoms with Gasteiger partial charge in [0.1, 0.15) is 12.4 Å². The summed E-state index contributed by atoms with van der Waals surface area (Å²) in [5.74, 6) is 0.664. The van der Waals surface area contributed by atoms with Crippen LogP contribution in [0.25, 0.3) is 11.1 Å². The molecule has 0 bridgehead atoms. The van der Waals surface area contributed by atoms with Gasteiger partial charge in [0, 0.05) is 5.57 Å². The van der Waals surface area contributed by atoms with Gasteiger partial charge in [0.05, 0.1) is 6.54 Å². The number of rotatable bonds is 10. The Morgan fingerprint density at radius 2 is 1.62 bits per heavy atom. The van der Waals surface area contributed by atoms with Gasteiger partial charge in [-0.15, -0.1) is 0 Å². The van der Waals surface area contributed by atoms with Crippen molar-refractivity contribution in [1.29, 1.82) is 0 Å². The summed E-state index contributed by atoms with van der Waals surface area (Å²) in [6.07, 6.45) is 4.96. The summed E-state index contributed by atoms with van der Waals surface area (Å²) in [6.45, 7) is 8.42. The number of benzene rings is 2. The Morgan fingerprint density at radius 1 is 1.00 bits per heavy atom. The fourth-order valence-electron chi connectivity index (χ4n) is 2.67. The van der Waals surface area contributed by atoms with Crippen molar-refractivity contribution in [1.82, 2.24) is 5.32 Å².